The third-order valence-corrected chi connectivity index (χ3v) is 7.51. The Labute approximate surface area is 162 Å². The van der Waals surface area contributed by atoms with E-state index >= 15 is 0 Å². The van der Waals surface area contributed by atoms with Crippen LogP contribution in [0.25, 0.3) is 11.0 Å². The van der Waals surface area contributed by atoms with Gasteiger partial charge in [0.05, 0.1) is 38.1 Å². The summed E-state index contributed by atoms with van der Waals surface area (Å²) < 4.78 is 8.18. The summed E-state index contributed by atoms with van der Waals surface area (Å²) in [4.78, 5) is 6.94. The number of aryl methyl sites for hydroxylation is 1. The summed E-state index contributed by atoms with van der Waals surface area (Å²) in [5.41, 5.74) is 4.86. The molecule has 1 aliphatic rings. The fourth-order valence-corrected chi connectivity index (χ4v) is 5.00. The van der Waals surface area contributed by atoms with E-state index in [1.165, 1.54) is 16.3 Å². The highest BCUT2D eigenvalue weighted by atomic mass is 28.3. The first-order valence-electron chi connectivity index (χ1n) is 9.74. The Morgan fingerprint density at radius 2 is 2.00 bits per heavy atom. The molecule has 1 fully saturated rings. The lowest BCUT2D eigenvalue weighted by molar-refractivity contribution is -0.0328. The highest BCUT2D eigenvalue weighted by Gasteiger charge is 2.23. The van der Waals surface area contributed by atoms with Crippen LogP contribution in [-0.4, -0.2) is 42.2 Å². The molecule has 0 bridgehead atoms. The maximum Gasteiger partial charge on any atom is 0.0955 e. The van der Waals surface area contributed by atoms with Crippen LogP contribution >= 0.6 is 0 Å². The zero-order valence-electron chi connectivity index (χ0n) is 16.8. The van der Waals surface area contributed by atoms with Gasteiger partial charge in [0.2, 0.25) is 0 Å². The standard InChI is InChI=1S/C22H29N3OSi/c1-24-16-23-20-9-8-18(13-21(20)24)22-15-25(10-11-26-22)14-17-6-5-7-19(12-17)27(2,3)4/h5-9,12-13,16,22H,10-11,14-15H2,1-4H3/t22-/m0/s1. The normalized spacial score (nSPS) is 18.9. The second-order valence-corrected chi connectivity index (χ2v) is 13.7. The van der Waals surface area contributed by atoms with Crippen LogP contribution in [0.1, 0.15) is 17.2 Å². The number of fused-ring (bicyclic) bond motifs is 1. The fourth-order valence-electron chi connectivity index (χ4n) is 3.79. The molecule has 0 unspecified atom stereocenters. The number of hydrogen-bond donors (Lipinski definition) is 0. The molecule has 2 aromatic carbocycles. The van der Waals surface area contributed by atoms with Crippen molar-refractivity contribution in [3.8, 4) is 0 Å². The van der Waals surface area contributed by atoms with Crippen LogP contribution in [0.5, 0.6) is 0 Å². The van der Waals surface area contributed by atoms with Crippen LogP contribution in [0.15, 0.2) is 48.8 Å². The molecular formula is C22H29N3OSi. The Morgan fingerprint density at radius 3 is 2.81 bits per heavy atom. The van der Waals surface area contributed by atoms with Crippen molar-refractivity contribution in [3.63, 3.8) is 0 Å². The van der Waals surface area contributed by atoms with Gasteiger partial charge in [-0.15, -0.1) is 0 Å². The van der Waals surface area contributed by atoms with E-state index in [1.807, 2.05) is 13.4 Å². The number of morpholine rings is 1. The smallest absolute Gasteiger partial charge is 0.0955 e. The van der Waals surface area contributed by atoms with Gasteiger partial charge in [0, 0.05) is 26.7 Å². The van der Waals surface area contributed by atoms with Gasteiger partial charge >= 0.3 is 0 Å². The number of hydrogen-bond acceptors (Lipinski definition) is 3. The van der Waals surface area contributed by atoms with E-state index in [0.29, 0.717) is 0 Å². The number of ether oxygens (including phenoxy) is 1. The highest BCUT2D eigenvalue weighted by Crippen LogP contribution is 2.26. The predicted octanol–water partition coefficient (Wildman–Crippen LogP) is 3.69. The third kappa shape index (κ3) is 4.00. The van der Waals surface area contributed by atoms with Crippen LogP contribution in [0.4, 0.5) is 0 Å². The van der Waals surface area contributed by atoms with E-state index in [1.54, 1.807) is 0 Å². The van der Waals surface area contributed by atoms with Gasteiger partial charge in [0.25, 0.3) is 0 Å². The summed E-state index contributed by atoms with van der Waals surface area (Å²) in [6.07, 6.45) is 1.99. The zero-order chi connectivity index (χ0) is 19.0. The summed E-state index contributed by atoms with van der Waals surface area (Å²) in [5, 5.41) is 1.53. The number of benzene rings is 2. The van der Waals surface area contributed by atoms with Gasteiger partial charge in [-0.1, -0.05) is 55.2 Å². The summed E-state index contributed by atoms with van der Waals surface area (Å²) in [6.45, 7) is 10.9. The Morgan fingerprint density at radius 1 is 1.15 bits per heavy atom. The highest BCUT2D eigenvalue weighted by molar-refractivity contribution is 6.88. The largest absolute Gasteiger partial charge is 0.371 e. The molecule has 0 N–H and O–H groups in total. The lowest BCUT2D eigenvalue weighted by atomic mass is 10.1. The van der Waals surface area contributed by atoms with Crippen molar-refractivity contribution in [3.05, 3.63) is 59.9 Å². The minimum absolute atomic E-state index is 0.123. The van der Waals surface area contributed by atoms with E-state index in [0.717, 1.165) is 37.3 Å². The van der Waals surface area contributed by atoms with E-state index in [4.69, 9.17) is 4.74 Å². The van der Waals surface area contributed by atoms with Gasteiger partial charge in [0.15, 0.2) is 0 Å². The SMILES string of the molecule is Cn1cnc2ccc([C@@H]3CN(Cc4cccc([Si](C)(C)C)c4)CCO3)cc21. The van der Waals surface area contributed by atoms with E-state index in [-0.39, 0.29) is 6.10 Å². The minimum Gasteiger partial charge on any atom is -0.371 e. The second kappa shape index (κ2) is 7.22. The molecule has 0 aliphatic carbocycles. The maximum absolute atomic E-state index is 6.11. The first-order chi connectivity index (χ1) is 12.9. The molecule has 0 radical (unpaired) electrons. The molecule has 0 spiro atoms. The molecule has 0 saturated carbocycles. The van der Waals surface area contributed by atoms with Crippen molar-refractivity contribution < 1.29 is 4.74 Å². The number of imidazole rings is 1. The summed E-state index contributed by atoms with van der Waals surface area (Å²) in [5.74, 6) is 0. The zero-order valence-corrected chi connectivity index (χ0v) is 17.8. The van der Waals surface area contributed by atoms with Crippen LogP contribution < -0.4 is 5.19 Å². The first kappa shape index (κ1) is 18.4. The first-order valence-corrected chi connectivity index (χ1v) is 13.2. The van der Waals surface area contributed by atoms with E-state index in [9.17, 15) is 0 Å². The Balaban J connectivity index is 1.50. The number of nitrogens with zero attached hydrogens (tertiary/aromatic N) is 3. The Hall–Kier alpha value is -1.95. The van der Waals surface area contributed by atoms with Crippen LogP contribution in [0, 0.1) is 0 Å². The van der Waals surface area contributed by atoms with Crippen molar-refractivity contribution >= 4 is 24.3 Å². The van der Waals surface area contributed by atoms with Crippen LogP contribution in [-0.2, 0) is 18.3 Å². The molecule has 2 heterocycles. The maximum atomic E-state index is 6.11. The molecule has 27 heavy (non-hydrogen) atoms. The van der Waals surface area contributed by atoms with Gasteiger partial charge in [-0.2, -0.15) is 0 Å². The molecule has 3 aromatic rings. The molecule has 4 nitrogen and oxygen atoms in total. The fraction of sp³-hybridized carbons (Fsp3) is 0.409. The number of aromatic nitrogens is 2. The summed E-state index contributed by atoms with van der Waals surface area (Å²) in [7, 11) is 0.767. The lowest BCUT2D eigenvalue weighted by Crippen LogP contribution is -2.39. The Bertz CT molecular complexity index is 944. The molecule has 1 saturated heterocycles. The lowest BCUT2D eigenvalue weighted by Gasteiger charge is -2.33. The molecule has 1 aromatic heterocycles. The average molecular weight is 380 g/mol. The van der Waals surface area contributed by atoms with Gasteiger partial charge < -0.3 is 9.30 Å². The van der Waals surface area contributed by atoms with Crippen molar-refractivity contribution in [2.24, 2.45) is 7.05 Å². The second-order valence-electron chi connectivity index (χ2n) is 8.65. The third-order valence-electron chi connectivity index (χ3n) is 5.47. The quantitative estimate of drug-likeness (QED) is 0.648. The molecule has 5 heteroatoms. The van der Waals surface area contributed by atoms with Gasteiger partial charge in [-0.3, -0.25) is 4.90 Å². The molecular weight excluding hydrogens is 350 g/mol. The molecule has 142 valence electrons. The van der Waals surface area contributed by atoms with Gasteiger partial charge in [0.1, 0.15) is 0 Å². The molecule has 1 atom stereocenters. The summed E-state index contributed by atoms with van der Waals surface area (Å²) >= 11 is 0. The van der Waals surface area contributed by atoms with E-state index in [2.05, 4.69) is 76.6 Å². The van der Waals surface area contributed by atoms with Gasteiger partial charge in [-0.05, 0) is 23.3 Å². The van der Waals surface area contributed by atoms with Crippen molar-refractivity contribution in [1.29, 1.82) is 0 Å². The number of rotatable bonds is 4. The van der Waals surface area contributed by atoms with Crippen molar-refractivity contribution in [2.45, 2.75) is 32.3 Å². The average Bonchev–Trinajstić information content (AvgIpc) is 3.02. The monoisotopic (exact) mass is 379 g/mol. The predicted molar refractivity (Wildman–Crippen MR) is 114 cm³/mol. The summed E-state index contributed by atoms with van der Waals surface area (Å²) in [6, 6.07) is 15.7. The molecule has 1 aliphatic heterocycles. The molecule has 4 rings (SSSR count). The topological polar surface area (TPSA) is 30.3 Å². The van der Waals surface area contributed by atoms with Crippen molar-refractivity contribution in [2.75, 3.05) is 19.7 Å². The van der Waals surface area contributed by atoms with Crippen LogP contribution in [0.2, 0.25) is 19.6 Å². The minimum atomic E-state index is -1.27. The van der Waals surface area contributed by atoms with Crippen LogP contribution in [0.3, 0.4) is 0 Å². The van der Waals surface area contributed by atoms with Gasteiger partial charge in [-0.25, -0.2) is 4.98 Å². The Kier molecular flexibility index (Phi) is 4.93. The van der Waals surface area contributed by atoms with Crippen molar-refractivity contribution in [1.82, 2.24) is 14.5 Å². The van der Waals surface area contributed by atoms with E-state index < -0.39 is 8.07 Å². The molecule has 0 amide bonds.